The molecule has 0 aliphatic carbocycles. The lowest BCUT2D eigenvalue weighted by molar-refractivity contribution is -0.138. The molecule has 5 heteroatoms. The van der Waals surface area contributed by atoms with Gasteiger partial charge in [-0.25, -0.2) is 0 Å². The van der Waals surface area contributed by atoms with E-state index in [1.54, 1.807) is 11.0 Å². The highest BCUT2D eigenvalue weighted by Crippen LogP contribution is 2.12. The van der Waals surface area contributed by atoms with Crippen molar-refractivity contribution >= 4 is 11.8 Å². The Labute approximate surface area is 149 Å². The summed E-state index contributed by atoms with van der Waals surface area (Å²) in [7, 11) is 0. The molecule has 1 fully saturated rings. The first kappa shape index (κ1) is 18.8. The summed E-state index contributed by atoms with van der Waals surface area (Å²) in [5.41, 5.74) is 1.22. The van der Waals surface area contributed by atoms with Crippen molar-refractivity contribution in [2.75, 3.05) is 32.7 Å². The average Bonchev–Trinajstić information content (AvgIpc) is 2.63. The Morgan fingerprint density at radius 2 is 2.20 bits per heavy atom. The summed E-state index contributed by atoms with van der Waals surface area (Å²) in [4.78, 5) is 28.5. The van der Waals surface area contributed by atoms with Crippen molar-refractivity contribution in [1.82, 2.24) is 15.1 Å². The number of piperazine rings is 1. The predicted molar refractivity (Wildman–Crippen MR) is 98.7 cm³/mol. The van der Waals surface area contributed by atoms with Crippen LogP contribution in [0.4, 0.5) is 0 Å². The van der Waals surface area contributed by atoms with E-state index in [9.17, 15) is 9.59 Å². The molecule has 0 saturated carbocycles. The Morgan fingerprint density at radius 3 is 2.88 bits per heavy atom. The quantitative estimate of drug-likeness (QED) is 0.569. The molecule has 132 valence electrons. The van der Waals surface area contributed by atoms with E-state index in [2.05, 4.69) is 34.8 Å². The van der Waals surface area contributed by atoms with Gasteiger partial charge in [-0.1, -0.05) is 42.3 Å². The maximum Gasteiger partial charge on any atom is 0.237 e. The molecule has 1 unspecified atom stereocenters. The molecule has 0 radical (unpaired) electrons. The zero-order chi connectivity index (χ0) is 18.1. The van der Waals surface area contributed by atoms with E-state index in [4.69, 9.17) is 6.42 Å². The second-order valence-corrected chi connectivity index (χ2v) is 6.05. The maximum absolute atomic E-state index is 12.5. The molecular formula is C20H25N3O2. The van der Waals surface area contributed by atoms with Gasteiger partial charge in [-0.2, -0.15) is 0 Å². The van der Waals surface area contributed by atoms with Crippen molar-refractivity contribution in [3.8, 4) is 12.3 Å². The Hall–Kier alpha value is -2.58. The fraction of sp³-hybridized carbons (Fsp3) is 0.400. The number of benzene rings is 1. The summed E-state index contributed by atoms with van der Waals surface area (Å²) in [6.45, 7) is 6.36. The highest BCUT2D eigenvalue weighted by molar-refractivity contribution is 5.89. The molecule has 0 aromatic heterocycles. The van der Waals surface area contributed by atoms with Gasteiger partial charge in [-0.3, -0.25) is 14.5 Å². The first-order valence-corrected chi connectivity index (χ1v) is 8.53. The minimum Gasteiger partial charge on any atom is -0.353 e. The van der Waals surface area contributed by atoms with Gasteiger partial charge in [0.15, 0.2) is 0 Å². The summed E-state index contributed by atoms with van der Waals surface area (Å²) >= 11 is 0. The lowest BCUT2D eigenvalue weighted by Crippen LogP contribution is -2.57. The molecule has 25 heavy (non-hydrogen) atoms. The van der Waals surface area contributed by atoms with Gasteiger partial charge < -0.3 is 10.2 Å². The largest absolute Gasteiger partial charge is 0.353 e. The van der Waals surface area contributed by atoms with Gasteiger partial charge in [-0.15, -0.1) is 13.0 Å². The van der Waals surface area contributed by atoms with E-state index in [0.717, 1.165) is 19.5 Å². The van der Waals surface area contributed by atoms with Gasteiger partial charge in [0.05, 0.1) is 19.0 Å². The molecule has 2 rings (SSSR count). The molecule has 1 heterocycles. The normalized spacial score (nSPS) is 17.4. The first-order chi connectivity index (χ1) is 12.2. The van der Waals surface area contributed by atoms with Crippen molar-refractivity contribution in [2.45, 2.75) is 18.9 Å². The highest BCUT2D eigenvalue weighted by Gasteiger charge is 2.32. The van der Waals surface area contributed by atoms with Crippen LogP contribution in [0.25, 0.3) is 0 Å². The van der Waals surface area contributed by atoms with Gasteiger partial charge >= 0.3 is 0 Å². The lowest BCUT2D eigenvalue weighted by Gasteiger charge is -2.35. The summed E-state index contributed by atoms with van der Waals surface area (Å²) in [5.74, 6) is 2.27. The van der Waals surface area contributed by atoms with Crippen LogP contribution in [0.15, 0.2) is 43.0 Å². The van der Waals surface area contributed by atoms with Crippen molar-refractivity contribution in [3.63, 3.8) is 0 Å². The zero-order valence-electron chi connectivity index (χ0n) is 14.5. The van der Waals surface area contributed by atoms with E-state index < -0.39 is 6.04 Å². The molecule has 1 aromatic carbocycles. The molecule has 1 saturated heterocycles. The molecule has 0 spiro atoms. The number of nitrogens with zero attached hydrogens (tertiary/aromatic N) is 2. The van der Waals surface area contributed by atoms with Crippen LogP contribution >= 0.6 is 0 Å². The number of amides is 2. The smallest absolute Gasteiger partial charge is 0.237 e. The Kier molecular flexibility index (Phi) is 7.24. The molecule has 1 aromatic rings. The number of hydrogen-bond acceptors (Lipinski definition) is 3. The third kappa shape index (κ3) is 5.47. The number of carbonyl (C=O) groups excluding carboxylic acids is 2. The third-order valence-corrected chi connectivity index (χ3v) is 4.32. The summed E-state index contributed by atoms with van der Waals surface area (Å²) in [6, 6.07) is 9.69. The molecular weight excluding hydrogens is 314 g/mol. The van der Waals surface area contributed by atoms with Crippen LogP contribution < -0.4 is 5.32 Å². The van der Waals surface area contributed by atoms with Gasteiger partial charge in [0, 0.05) is 26.2 Å². The van der Waals surface area contributed by atoms with Gasteiger partial charge in [0.25, 0.3) is 0 Å². The van der Waals surface area contributed by atoms with Gasteiger partial charge in [-0.05, 0) is 12.0 Å². The van der Waals surface area contributed by atoms with Crippen molar-refractivity contribution in [3.05, 3.63) is 48.6 Å². The topological polar surface area (TPSA) is 52.7 Å². The Bertz CT molecular complexity index is 636. The Morgan fingerprint density at radius 1 is 1.44 bits per heavy atom. The molecule has 2 amide bonds. The van der Waals surface area contributed by atoms with E-state index in [-0.39, 0.29) is 24.8 Å². The zero-order valence-corrected chi connectivity index (χ0v) is 14.5. The minimum atomic E-state index is -0.449. The van der Waals surface area contributed by atoms with E-state index in [0.29, 0.717) is 13.1 Å². The second kappa shape index (κ2) is 9.65. The van der Waals surface area contributed by atoms with Crippen molar-refractivity contribution < 1.29 is 9.59 Å². The SMILES string of the molecule is C#CCN(CC=C)C(=O)CC1C(=O)NCCN1CCc1ccccc1. The highest BCUT2D eigenvalue weighted by atomic mass is 16.2. The molecule has 0 bridgehead atoms. The molecule has 1 atom stereocenters. The molecule has 1 aliphatic rings. The van der Waals surface area contributed by atoms with Crippen LogP contribution in [-0.2, 0) is 16.0 Å². The van der Waals surface area contributed by atoms with Gasteiger partial charge in [0.1, 0.15) is 0 Å². The maximum atomic E-state index is 12.5. The van der Waals surface area contributed by atoms with Crippen molar-refractivity contribution in [1.29, 1.82) is 0 Å². The minimum absolute atomic E-state index is 0.0908. The van der Waals surface area contributed by atoms with Gasteiger partial charge in [0.2, 0.25) is 11.8 Å². The fourth-order valence-electron chi connectivity index (χ4n) is 2.98. The number of carbonyl (C=O) groups is 2. The number of terminal acetylenes is 1. The summed E-state index contributed by atoms with van der Waals surface area (Å²) in [6.07, 6.45) is 7.95. The fourth-order valence-corrected chi connectivity index (χ4v) is 2.98. The standard InChI is InChI=1S/C20H25N3O2/c1-3-12-23(13-4-2)19(24)16-18-20(25)21-11-15-22(18)14-10-17-8-6-5-7-9-17/h1,4-9,18H,2,10-16H2,(H,21,25). The van der Waals surface area contributed by atoms with Crippen LogP contribution in [0.5, 0.6) is 0 Å². The monoisotopic (exact) mass is 339 g/mol. The average molecular weight is 339 g/mol. The number of nitrogens with one attached hydrogen (secondary N) is 1. The van der Waals surface area contributed by atoms with Crippen LogP contribution in [0.3, 0.4) is 0 Å². The second-order valence-electron chi connectivity index (χ2n) is 6.05. The van der Waals surface area contributed by atoms with E-state index >= 15 is 0 Å². The number of hydrogen-bond donors (Lipinski definition) is 1. The summed E-state index contributed by atoms with van der Waals surface area (Å²) < 4.78 is 0. The Balaban J connectivity index is 2.00. The van der Waals surface area contributed by atoms with Crippen LogP contribution in [-0.4, -0.2) is 60.4 Å². The van der Waals surface area contributed by atoms with Crippen molar-refractivity contribution in [2.24, 2.45) is 0 Å². The van der Waals surface area contributed by atoms with Crippen LogP contribution in [0, 0.1) is 12.3 Å². The van der Waals surface area contributed by atoms with E-state index in [1.807, 2.05) is 18.2 Å². The first-order valence-electron chi connectivity index (χ1n) is 8.53. The molecule has 5 nitrogen and oxygen atoms in total. The lowest BCUT2D eigenvalue weighted by atomic mass is 10.1. The van der Waals surface area contributed by atoms with E-state index in [1.165, 1.54) is 5.56 Å². The summed E-state index contributed by atoms with van der Waals surface area (Å²) in [5, 5.41) is 2.86. The van der Waals surface area contributed by atoms with Crippen LogP contribution in [0.2, 0.25) is 0 Å². The molecule has 1 aliphatic heterocycles. The predicted octanol–water partition coefficient (Wildman–Crippen LogP) is 1.07. The number of rotatable bonds is 8. The third-order valence-electron chi connectivity index (χ3n) is 4.32. The molecule has 1 N–H and O–H groups in total. The van der Waals surface area contributed by atoms with Crippen LogP contribution in [0.1, 0.15) is 12.0 Å².